The standard InChI is InChI=1S/C23H15N5OS/c29-21(26-23-28-27-22(30-23)15-7-2-1-3-8-15)18-13-20(16-9-6-12-24-14-16)25-19-11-5-4-10-17(18)19/h1-14H,(H,26,28,29). The summed E-state index contributed by atoms with van der Waals surface area (Å²) >= 11 is 1.34. The van der Waals surface area contributed by atoms with Crippen LogP contribution in [0.25, 0.3) is 32.7 Å². The Hall–Kier alpha value is -3.97. The van der Waals surface area contributed by atoms with E-state index in [4.69, 9.17) is 4.98 Å². The molecule has 0 radical (unpaired) electrons. The largest absolute Gasteiger partial charge is 0.296 e. The van der Waals surface area contributed by atoms with Gasteiger partial charge < -0.3 is 0 Å². The zero-order valence-electron chi connectivity index (χ0n) is 15.7. The zero-order chi connectivity index (χ0) is 20.3. The molecule has 3 aromatic heterocycles. The van der Waals surface area contributed by atoms with Crippen molar-refractivity contribution in [3.8, 4) is 21.8 Å². The van der Waals surface area contributed by atoms with Gasteiger partial charge in [0.2, 0.25) is 5.13 Å². The summed E-state index contributed by atoms with van der Waals surface area (Å²) in [5.74, 6) is -0.255. The molecule has 1 N–H and O–H groups in total. The number of fused-ring (bicyclic) bond motifs is 1. The van der Waals surface area contributed by atoms with Gasteiger partial charge in [-0.2, -0.15) is 0 Å². The van der Waals surface area contributed by atoms with Gasteiger partial charge in [-0.25, -0.2) is 4.98 Å². The maximum Gasteiger partial charge on any atom is 0.258 e. The van der Waals surface area contributed by atoms with Crippen molar-refractivity contribution >= 4 is 33.3 Å². The topological polar surface area (TPSA) is 80.7 Å². The molecule has 5 aromatic rings. The summed E-state index contributed by atoms with van der Waals surface area (Å²) in [6.45, 7) is 0. The number of pyridine rings is 2. The molecular formula is C23H15N5OS. The predicted octanol–water partition coefficient (Wildman–Crippen LogP) is 5.07. The third kappa shape index (κ3) is 3.54. The van der Waals surface area contributed by atoms with E-state index in [1.807, 2.05) is 66.7 Å². The highest BCUT2D eigenvalue weighted by Crippen LogP contribution is 2.28. The van der Waals surface area contributed by atoms with Gasteiger partial charge in [-0.1, -0.05) is 59.9 Å². The number of hydrogen-bond acceptors (Lipinski definition) is 6. The summed E-state index contributed by atoms with van der Waals surface area (Å²) in [5, 5.41) is 13.2. The van der Waals surface area contributed by atoms with Crippen LogP contribution in [0.3, 0.4) is 0 Å². The van der Waals surface area contributed by atoms with Crippen molar-refractivity contribution in [3.05, 3.63) is 90.8 Å². The van der Waals surface area contributed by atoms with E-state index in [1.165, 1.54) is 11.3 Å². The third-order valence-corrected chi connectivity index (χ3v) is 5.47. The first-order chi connectivity index (χ1) is 14.8. The number of aromatic nitrogens is 4. The van der Waals surface area contributed by atoms with Crippen molar-refractivity contribution in [1.29, 1.82) is 0 Å². The fraction of sp³-hybridized carbons (Fsp3) is 0. The molecule has 2 aromatic carbocycles. The lowest BCUT2D eigenvalue weighted by molar-refractivity contribution is 0.102. The predicted molar refractivity (Wildman–Crippen MR) is 118 cm³/mol. The lowest BCUT2D eigenvalue weighted by atomic mass is 10.0. The normalized spacial score (nSPS) is 10.8. The Kier molecular flexibility index (Phi) is 4.71. The van der Waals surface area contributed by atoms with Gasteiger partial charge in [-0.3, -0.25) is 15.1 Å². The molecular weight excluding hydrogens is 394 g/mol. The number of amides is 1. The summed E-state index contributed by atoms with van der Waals surface area (Å²) in [6, 6.07) is 22.9. The van der Waals surface area contributed by atoms with E-state index in [0.29, 0.717) is 16.4 Å². The molecule has 0 aliphatic carbocycles. The highest BCUT2D eigenvalue weighted by atomic mass is 32.1. The first-order valence-corrected chi connectivity index (χ1v) is 10.1. The third-order valence-electron chi connectivity index (χ3n) is 4.58. The Balaban J connectivity index is 1.51. The van der Waals surface area contributed by atoms with E-state index in [-0.39, 0.29) is 5.91 Å². The second-order valence-corrected chi connectivity index (χ2v) is 7.52. The number of nitrogens with zero attached hydrogens (tertiary/aromatic N) is 4. The van der Waals surface area contributed by atoms with Gasteiger partial charge in [-0.05, 0) is 24.3 Å². The lowest BCUT2D eigenvalue weighted by Crippen LogP contribution is -2.13. The molecule has 3 heterocycles. The molecule has 5 rings (SSSR count). The maximum absolute atomic E-state index is 13.1. The minimum absolute atomic E-state index is 0.255. The quantitative estimate of drug-likeness (QED) is 0.448. The van der Waals surface area contributed by atoms with Gasteiger partial charge >= 0.3 is 0 Å². The van der Waals surface area contributed by atoms with Gasteiger partial charge in [0.15, 0.2) is 0 Å². The van der Waals surface area contributed by atoms with Gasteiger partial charge in [0.25, 0.3) is 5.91 Å². The van der Waals surface area contributed by atoms with Crippen LogP contribution in [0.2, 0.25) is 0 Å². The van der Waals surface area contributed by atoms with Crippen LogP contribution in [-0.4, -0.2) is 26.1 Å². The zero-order valence-corrected chi connectivity index (χ0v) is 16.5. The van der Waals surface area contributed by atoms with Crippen LogP contribution >= 0.6 is 11.3 Å². The molecule has 0 fully saturated rings. The van der Waals surface area contributed by atoms with Gasteiger partial charge in [-0.15, -0.1) is 10.2 Å². The second kappa shape index (κ2) is 7.81. The number of hydrogen-bond donors (Lipinski definition) is 1. The van der Waals surface area contributed by atoms with Crippen LogP contribution in [0, 0.1) is 0 Å². The number of anilines is 1. The van der Waals surface area contributed by atoms with Crippen LogP contribution < -0.4 is 5.32 Å². The summed E-state index contributed by atoms with van der Waals surface area (Å²) in [7, 11) is 0. The van der Waals surface area contributed by atoms with Gasteiger partial charge in [0.05, 0.1) is 16.8 Å². The van der Waals surface area contributed by atoms with E-state index in [2.05, 4.69) is 20.5 Å². The van der Waals surface area contributed by atoms with Crippen molar-refractivity contribution in [3.63, 3.8) is 0 Å². The molecule has 0 aliphatic heterocycles. The highest BCUT2D eigenvalue weighted by molar-refractivity contribution is 7.18. The number of carbonyl (C=O) groups excluding carboxylic acids is 1. The fourth-order valence-corrected chi connectivity index (χ4v) is 3.91. The highest BCUT2D eigenvalue weighted by Gasteiger charge is 2.16. The van der Waals surface area contributed by atoms with Crippen LogP contribution in [0.15, 0.2) is 85.2 Å². The molecule has 0 saturated heterocycles. The van der Waals surface area contributed by atoms with Crippen LogP contribution in [0.5, 0.6) is 0 Å². The van der Waals surface area contributed by atoms with E-state index < -0.39 is 0 Å². The van der Waals surface area contributed by atoms with Crippen molar-refractivity contribution < 1.29 is 4.79 Å². The summed E-state index contributed by atoms with van der Waals surface area (Å²) < 4.78 is 0. The summed E-state index contributed by atoms with van der Waals surface area (Å²) in [5.41, 5.74) is 3.76. The number of para-hydroxylation sites is 1. The minimum atomic E-state index is -0.255. The van der Waals surface area contributed by atoms with Crippen LogP contribution in [0.4, 0.5) is 5.13 Å². The smallest absolute Gasteiger partial charge is 0.258 e. The molecule has 0 aliphatic rings. The molecule has 0 spiro atoms. The van der Waals surface area contributed by atoms with E-state index in [9.17, 15) is 4.79 Å². The van der Waals surface area contributed by atoms with Gasteiger partial charge in [0, 0.05) is 28.9 Å². The molecule has 6 nitrogen and oxygen atoms in total. The average molecular weight is 409 g/mol. The maximum atomic E-state index is 13.1. The first kappa shape index (κ1) is 18.1. The number of rotatable bonds is 4. The Bertz CT molecular complexity index is 1340. The van der Waals surface area contributed by atoms with E-state index in [0.717, 1.165) is 27.0 Å². The Morgan fingerprint density at radius 3 is 2.50 bits per heavy atom. The van der Waals surface area contributed by atoms with E-state index in [1.54, 1.807) is 18.5 Å². The molecule has 1 amide bonds. The second-order valence-electron chi connectivity index (χ2n) is 6.55. The SMILES string of the molecule is O=C(Nc1nnc(-c2ccccc2)s1)c1cc(-c2cccnc2)nc2ccccc12. The molecule has 30 heavy (non-hydrogen) atoms. The van der Waals surface area contributed by atoms with Crippen molar-refractivity contribution in [2.75, 3.05) is 5.32 Å². The molecule has 0 bridgehead atoms. The van der Waals surface area contributed by atoms with Crippen LogP contribution in [-0.2, 0) is 0 Å². The number of carbonyl (C=O) groups is 1. The van der Waals surface area contributed by atoms with Crippen molar-refractivity contribution in [1.82, 2.24) is 20.2 Å². The molecule has 0 unspecified atom stereocenters. The first-order valence-electron chi connectivity index (χ1n) is 9.28. The molecule has 0 atom stereocenters. The van der Waals surface area contributed by atoms with Crippen LogP contribution in [0.1, 0.15) is 10.4 Å². The van der Waals surface area contributed by atoms with Gasteiger partial charge in [0.1, 0.15) is 5.01 Å². The molecule has 144 valence electrons. The van der Waals surface area contributed by atoms with E-state index >= 15 is 0 Å². The lowest BCUT2D eigenvalue weighted by Gasteiger charge is -2.09. The average Bonchev–Trinajstić information content (AvgIpc) is 3.28. The fourth-order valence-electron chi connectivity index (χ4n) is 3.16. The minimum Gasteiger partial charge on any atom is -0.296 e. The summed E-state index contributed by atoms with van der Waals surface area (Å²) in [6.07, 6.45) is 3.44. The van der Waals surface area contributed by atoms with Crippen molar-refractivity contribution in [2.45, 2.75) is 0 Å². The molecule has 0 saturated carbocycles. The number of benzene rings is 2. The molecule has 7 heteroatoms. The number of nitrogens with one attached hydrogen (secondary N) is 1. The Morgan fingerprint density at radius 2 is 1.67 bits per heavy atom. The monoisotopic (exact) mass is 409 g/mol. The Morgan fingerprint density at radius 1 is 0.867 bits per heavy atom. The summed E-state index contributed by atoms with van der Waals surface area (Å²) in [4.78, 5) is 22.0. The van der Waals surface area contributed by atoms with Crippen molar-refractivity contribution in [2.24, 2.45) is 0 Å². The Labute approximate surface area is 176 Å².